The van der Waals surface area contributed by atoms with E-state index in [1.165, 1.54) is 0 Å². The van der Waals surface area contributed by atoms with Crippen LogP contribution in [0.15, 0.2) is 0 Å². The van der Waals surface area contributed by atoms with Gasteiger partial charge < -0.3 is 0 Å². The summed E-state index contributed by atoms with van der Waals surface area (Å²) < 4.78 is 25.2. The third-order valence-electron chi connectivity index (χ3n) is 1.41. The van der Waals surface area contributed by atoms with Crippen molar-refractivity contribution in [3.05, 3.63) is 6.92 Å². The SMILES string of the molecule is [CH2]CCCC(F)(F)CCC. The highest BCUT2D eigenvalue weighted by Gasteiger charge is 2.25. The maximum atomic E-state index is 12.6. The molecule has 0 spiro atoms. The van der Waals surface area contributed by atoms with Gasteiger partial charge in [0.15, 0.2) is 0 Å². The first-order valence-electron chi connectivity index (χ1n) is 3.79. The predicted octanol–water partition coefficient (Wildman–Crippen LogP) is 3.43. The van der Waals surface area contributed by atoms with E-state index in [-0.39, 0.29) is 12.8 Å². The van der Waals surface area contributed by atoms with Gasteiger partial charge in [-0.25, -0.2) is 8.78 Å². The van der Waals surface area contributed by atoms with Crippen LogP contribution in [0.3, 0.4) is 0 Å². The summed E-state index contributed by atoms with van der Waals surface area (Å²) in [5.41, 5.74) is 0. The zero-order valence-electron chi connectivity index (χ0n) is 6.50. The molecule has 2 heteroatoms. The third-order valence-corrected chi connectivity index (χ3v) is 1.41. The Bertz CT molecular complexity index is 79.3. The Balaban J connectivity index is 3.42. The maximum absolute atomic E-state index is 12.6. The van der Waals surface area contributed by atoms with Crippen LogP contribution in [-0.2, 0) is 0 Å². The lowest BCUT2D eigenvalue weighted by atomic mass is 10.1. The van der Waals surface area contributed by atoms with Crippen LogP contribution in [0.1, 0.15) is 39.0 Å². The van der Waals surface area contributed by atoms with Crippen molar-refractivity contribution >= 4 is 0 Å². The molecule has 0 atom stereocenters. The average molecular weight is 149 g/mol. The van der Waals surface area contributed by atoms with Crippen LogP contribution in [0.25, 0.3) is 0 Å². The molecule has 0 amide bonds. The molecular weight excluding hydrogens is 134 g/mol. The average Bonchev–Trinajstić information content (AvgIpc) is 1.84. The summed E-state index contributed by atoms with van der Waals surface area (Å²) in [6.45, 7) is 5.29. The van der Waals surface area contributed by atoms with Crippen molar-refractivity contribution < 1.29 is 8.78 Å². The van der Waals surface area contributed by atoms with E-state index < -0.39 is 5.92 Å². The molecule has 61 valence electrons. The Labute approximate surface area is 61.6 Å². The van der Waals surface area contributed by atoms with Gasteiger partial charge in [-0.15, -0.1) is 0 Å². The monoisotopic (exact) mass is 149 g/mol. The van der Waals surface area contributed by atoms with Gasteiger partial charge in [0.2, 0.25) is 5.92 Å². The molecule has 0 aromatic heterocycles. The fourth-order valence-electron chi connectivity index (χ4n) is 0.874. The molecule has 0 aromatic rings. The largest absolute Gasteiger partial charge is 0.248 e. The Morgan fingerprint density at radius 3 is 2.30 bits per heavy atom. The van der Waals surface area contributed by atoms with E-state index in [4.69, 9.17) is 0 Å². The Morgan fingerprint density at radius 2 is 1.90 bits per heavy atom. The summed E-state index contributed by atoms with van der Waals surface area (Å²) in [5, 5.41) is 0. The molecule has 0 aliphatic carbocycles. The van der Waals surface area contributed by atoms with Crippen LogP contribution < -0.4 is 0 Å². The fraction of sp³-hybridized carbons (Fsp3) is 0.875. The van der Waals surface area contributed by atoms with Crippen LogP contribution in [0.4, 0.5) is 8.78 Å². The van der Waals surface area contributed by atoms with Gasteiger partial charge in [-0.1, -0.05) is 26.7 Å². The molecule has 0 aliphatic rings. The lowest BCUT2D eigenvalue weighted by Gasteiger charge is -2.13. The van der Waals surface area contributed by atoms with Crippen LogP contribution in [0.5, 0.6) is 0 Å². The standard InChI is InChI=1S/C8H15F2/c1-3-5-7-8(9,10)6-4-2/h1,3-7H2,2H3. The number of unbranched alkanes of at least 4 members (excludes halogenated alkanes) is 1. The quantitative estimate of drug-likeness (QED) is 0.561. The Morgan fingerprint density at radius 1 is 1.30 bits per heavy atom. The summed E-state index contributed by atoms with van der Waals surface area (Å²) in [4.78, 5) is 0. The highest BCUT2D eigenvalue weighted by molar-refractivity contribution is 4.65. The molecular formula is C8H15F2. The molecule has 0 fully saturated rings. The normalized spacial score (nSPS) is 12.0. The molecule has 1 radical (unpaired) electrons. The zero-order valence-corrected chi connectivity index (χ0v) is 6.50. The zero-order chi connectivity index (χ0) is 8.04. The van der Waals surface area contributed by atoms with E-state index >= 15 is 0 Å². The minimum Gasteiger partial charge on any atom is -0.207 e. The van der Waals surface area contributed by atoms with Crippen molar-refractivity contribution in [3.8, 4) is 0 Å². The van der Waals surface area contributed by atoms with Crippen molar-refractivity contribution in [2.24, 2.45) is 0 Å². The first-order valence-corrected chi connectivity index (χ1v) is 3.79. The second kappa shape index (κ2) is 4.64. The summed E-state index contributed by atoms with van der Waals surface area (Å²) >= 11 is 0. The molecule has 0 nitrogen and oxygen atoms in total. The molecule has 0 rings (SSSR count). The van der Waals surface area contributed by atoms with Gasteiger partial charge in [-0.3, -0.25) is 0 Å². The summed E-state index contributed by atoms with van der Waals surface area (Å²) in [5.74, 6) is -2.44. The molecule has 0 bridgehead atoms. The van der Waals surface area contributed by atoms with Gasteiger partial charge in [-0.2, -0.15) is 0 Å². The highest BCUT2D eigenvalue weighted by atomic mass is 19.3. The molecule has 0 heterocycles. The van der Waals surface area contributed by atoms with Crippen molar-refractivity contribution in [3.63, 3.8) is 0 Å². The number of halogens is 2. The van der Waals surface area contributed by atoms with Crippen molar-refractivity contribution in [2.45, 2.75) is 45.0 Å². The highest BCUT2D eigenvalue weighted by Crippen LogP contribution is 2.26. The molecule has 0 aromatic carbocycles. The van der Waals surface area contributed by atoms with Crippen molar-refractivity contribution in [1.82, 2.24) is 0 Å². The van der Waals surface area contributed by atoms with Crippen molar-refractivity contribution in [2.75, 3.05) is 0 Å². The maximum Gasteiger partial charge on any atom is 0.248 e. The van der Waals surface area contributed by atoms with E-state index in [0.29, 0.717) is 19.3 Å². The Kier molecular flexibility index (Phi) is 4.58. The van der Waals surface area contributed by atoms with Crippen LogP contribution >= 0.6 is 0 Å². The number of rotatable bonds is 5. The smallest absolute Gasteiger partial charge is 0.207 e. The number of alkyl halides is 2. The molecule has 0 saturated heterocycles. The van der Waals surface area contributed by atoms with Crippen LogP contribution in [0.2, 0.25) is 0 Å². The first kappa shape index (κ1) is 9.86. The van der Waals surface area contributed by atoms with Gasteiger partial charge in [-0.05, 0) is 6.42 Å². The minimum atomic E-state index is -2.44. The molecule has 0 aliphatic heterocycles. The molecule has 10 heavy (non-hydrogen) atoms. The van der Waals surface area contributed by atoms with Crippen molar-refractivity contribution in [1.29, 1.82) is 0 Å². The first-order chi connectivity index (χ1) is 4.62. The third kappa shape index (κ3) is 4.71. The number of hydrogen-bond donors (Lipinski definition) is 0. The van der Waals surface area contributed by atoms with E-state index in [1.54, 1.807) is 6.92 Å². The second-order valence-corrected chi connectivity index (χ2v) is 2.56. The van der Waals surface area contributed by atoms with Gasteiger partial charge in [0.1, 0.15) is 0 Å². The van der Waals surface area contributed by atoms with Gasteiger partial charge in [0.25, 0.3) is 0 Å². The molecule has 0 saturated carbocycles. The topological polar surface area (TPSA) is 0 Å². The Hall–Kier alpha value is -0.140. The van der Waals surface area contributed by atoms with E-state index in [1.807, 2.05) is 0 Å². The second-order valence-electron chi connectivity index (χ2n) is 2.56. The number of hydrogen-bond acceptors (Lipinski definition) is 0. The van der Waals surface area contributed by atoms with Crippen LogP contribution in [-0.4, -0.2) is 5.92 Å². The fourth-order valence-corrected chi connectivity index (χ4v) is 0.874. The van der Waals surface area contributed by atoms with E-state index in [2.05, 4.69) is 6.92 Å². The molecule has 0 N–H and O–H groups in total. The van der Waals surface area contributed by atoms with Crippen LogP contribution in [0, 0.1) is 6.92 Å². The van der Waals surface area contributed by atoms with Gasteiger partial charge in [0.05, 0.1) is 0 Å². The summed E-state index contributed by atoms with van der Waals surface area (Å²) in [7, 11) is 0. The molecule has 0 unspecified atom stereocenters. The summed E-state index contributed by atoms with van der Waals surface area (Å²) in [6, 6.07) is 0. The van der Waals surface area contributed by atoms with E-state index in [0.717, 1.165) is 0 Å². The van der Waals surface area contributed by atoms with Gasteiger partial charge >= 0.3 is 0 Å². The van der Waals surface area contributed by atoms with E-state index in [9.17, 15) is 8.78 Å². The lowest BCUT2D eigenvalue weighted by molar-refractivity contribution is -0.0182. The predicted molar refractivity (Wildman–Crippen MR) is 39.1 cm³/mol. The lowest BCUT2D eigenvalue weighted by Crippen LogP contribution is -2.14. The minimum absolute atomic E-state index is 0.00431. The summed E-state index contributed by atoms with van der Waals surface area (Å²) in [6.07, 6.45) is 1.73. The van der Waals surface area contributed by atoms with Gasteiger partial charge in [0, 0.05) is 12.8 Å².